The first kappa shape index (κ1) is 13.8. The van der Waals surface area contributed by atoms with Gasteiger partial charge in [0.15, 0.2) is 0 Å². The molecule has 0 atom stereocenters. The molecule has 0 aromatic heterocycles. The number of phenols is 1. The van der Waals surface area contributed by atoms with Gasteiger partial charge in [-0.3, -0.25) is 0 Å². The van der Waals surface area contributed by atoms with Crippen LogP contribution in [0.25, 0.3) is 16.1 Å². The third-order valence-corrected chi connectivity index (χ3v) is 3.49. The average molecular weight is 315 g/mol. The molecular weight excluding hydrogens is 299 g/mol. The fourth-order valence-corrected chi connectivity index (χ4v) is 2.47. The SMILES string of the molecule is CC1(C)CCc2cc3c(O)cccc3cc2[N-]1.[Y]. The van der Waals surface area contributed by atoms with Gasteiger partial charge < -0.3 is 10.4 Å². The standard InChI is InChI=1S/C15H16NO.Y/c1-15(2)7-6-11-8-12-10(9-13(11)16-15)4-3-5-14(12)17;/h3-5,8-9,17H,6-7H2,1-2H3;/q-1;. The molecule has 1 N–H and O–H groups in total. The smallest absolute Gasteiger partial charge is 0.123 e. The molecule has 0 aliphatic carbocycles. The van der Waals surface area contributed by atoms with E-state index in [0.717, 1.165) is 29.3 Å². The second kappa shape index (κ2) is 4.82. The molecule has 0 fully saturated rings. The number of benzene rings is 2. The van der Waals surface area contributed by atoms with E-state index in [9.17, 15) is 5.11 Å². The minimum Gasteiger partial charge on any atom is -0.679 e. The summed E-state index contributed by atoms with van der Waals surface area (Å²) in [5.41, 5.74) is 2.37. The van der Waals surface area contributed by atoms with E-state index in [1.54, 1.807) is 6.07 Å². The van der Waals surface area contributed by atoms with Gasteiger partial charge in [-0.15, -0.1) is 11.2 Å². The Morgan fingerprint density at radius 3 is 2.78 bits per heavy atom. The van der Waals surface area contributed by atoms with Crippen molar-refractivity contribution in [3.63, 3.8) is 0 Å². The molecule has 0 spiro atoms. The summed E-state index contributed by atoms with van der Waals surface area (Å²) in [5, 5.41) is 16.6. The van der Waals surface area contributed by atoms with Gasteiger partial charge in [0.2, 0.25) is 0 Å². The molecule has 3 rings (SSSR count). The predicted molar refractivity (Wildman–Crippen MR) is 71.0 cm³/mol. The molecule has 0 bridgehead atoms. The van der Waals surface area contributed by atoms with E-state index < -0.39 is 0 Å². The first-order valence-electron chi connectivity index (χ1n) is 6.03. The van der Waals surface area contributed by atoms with Crippen molar-refractivity contribution in [2.24, 2.45) is 0 Å². The molecule has 1 radical (unpaired) electrons. The molecule has 0 saturated carbocycles. The topological polar surface area (TPSA) is 34.3 Å². The Morgan fingerprint density at radius 1 is 1.22 bits per heavy atom. The first-order chi connectivity index (χ1) is 8.05. The van der Waals surface area contributed by atoms with E-state index in [1.807, 2.05) is 12.1 Å². The molecular formula is C15H16NOY-. The van der Waals surface area contributed by atoms with Crippen molar-refractivity contribution in [3.05, 3.63) is 41.2 Å². The van der Waals surface area contributed by atoms with Gasteiger partial charge in [-0.25, -0.2) is 0 Å². The summed E-state index contributed by atoms with van der Waals surface area (Å²) in [6.07, 6.45) is 2.11. The fourth-order valence-electron chi connectivity index (χ4n) is 2.47. The first-order valence-corrected chi connectivity index (χ1v) is 6.03. The second-order valence-corrected chi connectivity index (χ2v) is 5.40. The fraction of sp³-hybridized carbons (Fsp3) is 0.333. The molecule has 0 unspecified atom stereocenters. The Balaban J connectivity index is 0.00000120. The van der Waals surface area contributed by atoms with Gasteiger partial charge in [-0.05, 0) is 23.9 Å². The van der Waals surface area contributed by atoms with Crippen LogP contribution in [0.1, 0.15) is 25.8 Å². The summed E-state index contributed by atoms with van der Waals surface area (Å²) in [5.74, 6) is 0.357. The monoisotopic (exact) mass is 315 g/mol. The summed E-state index contributed by atoms with van der Waals surface area (Å²) in [4.78, 5) is 0. The van der Waals surface area contributed by atoms with E-state index in [-0.39, 0.29) is 38.2 Å². The third-order valence-electron chi connectivity index (χ3n) is 3.49. The second-order valence-electron chi connectivity index (χ2n) is 5.40. The molecule has 18 heavy (non-hydrogen) atoms. The van der Waals surface area contributed by atoms with Crippen LogP contribution in [0.4, 0.5) is 5.69 Å². The van der Waals surface area contributed by atoms with Crippen molar-refractivity contribution in [1.29, 1.82) is 0 Å². The quantitative estimate of drug-likeness (QED) is 0.774. The maximum Gasteiger partial charge on any atom is 0.123 e. The zero-order chi connectivity index (χ0) is 12.0. The van der Waals surface area contributed by atoms with Crippen molar-refractivity contribution >= 4 is 16.5 Å². The molecule has 1 heterocycles. The molecule has 3 heteroatoms. The van der Waals surface area contributed by atoms with Crippen LogP contribution in [0.2, 0.25) is 0 Å². The minimum atomic E-state index is 0. The normalized spacial score (nSPS) is 16.6. The maximum absolute atomic E-state index is 9.84. The van der Waals surface area contributed by atoms with Gasteiger partial charge in [0.05, 0.1) is 0 Å². The number of rotatable bonds is 0. The van der Waals surface area contributed by atoms with Gasteiger partial charge >= 0.3 is 0 Å². The van der Waals surface area contributed by atoms with Gasteiger partial charge in [0, 0.05) is 38.1 Å². The minimum absolute atomic E-state index is 0. The number of aromatic hydroxyl groups is 1. The summed E-state index contributed by atoms with van der Waals surface area (Å²) < 4.78 is 0. The zero-order valence-corrected chi connectivity index (χ0v) is 13.6. The van der Waals surface area contributed by atoms with Crippen LogP contribution in [0.3, 0.4) is 0 Å². The zero-order valence-electron chi connectivity index (χ0n) is 10.8. The third kappa shape index (κ3) is 2.41. The van der Waals surface area contributed by atoms with Crippen molar-refractivity contribution in [3.8, 4) is 5.75 Å². The molecule has 0 amide bonds. The van der Waals surface area contributed by atoms with Crippen molar-refractivity contribution in [2.45, 2.75) is 32.2 Å². The van der Waals surface area contributed by atoms with Crippen molar-refractivity contribution in [1.82, 2.24) is 0 Å². The van der Waals surface area contributed by atoms with E-state index in [0.29, 0.717) is 5.75 Å². The Hall–Kier alpha value is -0.596. The van der Waals surface area contributed by atoms with E-state index >= 15 is 0 Å². The van der Waals surface area contributed by atoms with E-state index in [2.05, 4.69) is 26.0 Å². The Labute approximate surface area is 133 Å². The summed E-state index contributed by atoms with van der Waals surface area (Å²) >= 11 is 0. The summed E-state index contributed by atoms with van der Waals surface area (Å²) in [6, 6.07) is 9.80. The number of fused-ring (bicyclic) bond motifs is 2. The summed E-state index contributed by atoms with van der Waals surface area (Å²) in [7, 11) is 0. The van der Waals surface area contributed by atoms with Crippen molar-refractivity contribution < 1.29 is 37.8 Å². The molecule has 91 valence electrons. The Kier molecular flexibility index (Phi) is 3.71. The largest absolute Gasteiger partial charge is 0.679 e. The molecule has 2 aromatic rings. The van der Waals surface area contributed by atoms with Crippen LogP contribution in [0.5, 0.6) is 5.75 Å². The van der Waals surface area contributed by atoms with Gasteiger partial charge in [-0.1, -0.05) is 44.0 Å². The van der Waals surface area contributed by atoms with Crippen molar-refractivity contribution in [2.75, 3.05) is 0 Å². The van der Waals surface area contributed by atoms with E-state index in [1.165, 1.54) is 5.56 Å². The Morgan fingerprint density at radius 2 is 2.00 bits per heavy atom. The number of hydrogen-bond donors (Lipinski definition) is 1. The van der Waals surface area contributed by atoms with Crippen LogP contribution in [0, 0.1) is 0 Å². The number of hydrogen-bond acceptors (Lipinski definition) is 1. The van der Waals surface area contributed by atoms with E-state index in [4.69, 9.17) is 5.32 Å². The summed E-state index contributed by atoms with van der Waals surface area (Å²) in [6.45, 7) is 4.34. The van der Waals surface area contributed by atoms with Crippen LogP contribution in [-0.4, -0.2) is 10.6 Å². The molecule has 1 aliphatic heterocycles. The number of aryl methyl sites for hydroxylation is 1. The predicted octanol–water partition coefficient (Wildman–Crippen LogP) is 4.27. The Bertz CT molecular complexity index is 592. The van der Waals surface area contributed by atoms with Crippen LogP contribution in [0.15, 0.2) is 30.3 Å². The molecule has 0 saturated heterocycles. The number of nitrogens with zero attached hydrogens (tertiary/aromatic N) is 1. The average Bonchev–Trinajstić information content (AvgIpc) is 2.26. The van der Waals surface area contributed by atoms with Crippen LogP contribution >= 0.6 is 0 Å². The number of phenolic OH excluding ortho intramolecular Hbond substituents is 1. The van der Waals surface area contributed by atoms with Gasteiger partial charge in [-0.2, -0.15) is 0 Å². The van der Waals surface area contributed by atoms with Gasteiger partial charge in [0.1, 0.15) is 5.75 Å². The van der Waals surface area contributed by atoms with Crippen LogP contribution in [-0.2, 0) is 39.1 Å². The molecule has 1 aliphatic rings. The molecule has 2 nitrogen and oxygen atoms in total. The van der Waals surface area contributed by atoms with Crippen LogP contribution < -0.4 is 0 Å². The molecule has 2 aromatic carbocycles. The van der Waals surface area contributed by atoms with Gasteiger partial charge in [0.25, 0.3) is 0 Å². The maximum atomic E-state index is 9.84.